The average molecular weight is 209 g/mol. The number of carbonyl (C=O) groups is 1. The van der Waals surface area contributed by atoms with Crippen molar-refractivity contribution in [3.63, 3.8) is 0 Å². The summed E-state index contributed by atoms with van der Waals surface area (Å²) in [7, 11) is 1.63. The van der Waals surface area contributed by atoms with Gasteiger partial charge in [-0.1, -0.05) is 18.2 Å². The number of aliphatic carboxylic acids is 1. The molecule has 82 valence electrons. The molecule has 0 fully saturated rings. The van der Waals surface area contributed by atoms with Gasteiger partial charge in [0.05, 0.1) is 6.61 Å². The van der Waals surface area contributed by atoms with Crippen molar-refractivity contribution < 1.29 is 14.6 Å². The van der Waals surface area contributed by atoms with Gasteiger partial charge in [-0.2, -0.15) is 0 Å². The fourth-order valence-electron chi connectivity index (χ4n) is 1.20. The normalized spacial score (nSPS) is 12.1. The second-order valence-electron chi connectivity index (χ2n) is 3.13. The summed E-state index contributed by atoms with van der Waals surface area (Å²) in [5, 5.41) is 11.5. The maximum atomic E-state index is 10.7. The Morgan fingerprint density at radius 1 is 1.47 bits per heavy atom. The van der Waals surface area contributed by atoms with Crippen LogP contribution in [0, 0.1) is 0 Å². The number of carboxylic acids is 1. The zero-order valence-corrected chi connectivity index (χ0v) is 8.64. The van der Waals surface area contributed by atoms with Gasteiger partial charge in [-0.3, -0.25) is 4.79 Å². The third kappa shape index (κ3) is 3.99. The van der Waals surface area contributed by atoms with Crippen molar-refractivity contribution >= 4 is 5.97 Å². The first kappa shape index (κ1) is 11.5. The van der Waals surface area contributed by atoms with Crippen LogP contribution in [0.15, 0.2) is 30.3 Å². The smallest absolute Gasteiger partial charge is 0.320 e. The summed E-state index contributed by atoms with van der Waals surface area (Å²) in [5.41, 5.74) is 0. The van der Waals surface area contributed by atoms with Crippen molar-refractivity contribution in [1.82, 2.24) is 5.32 Å². The van der Waals surface area contributed by atoms with Gasteiger partial charge in [0.25, 0.3) is 0 Å². The van der Waals surface area contributed by atoms with Crippen LogP contribution in [0.4, 0.5) is 0 Å². The largest absolute Gasteiger partial charge is 0.494 e. The van der Waals surface area contributed by atoms with Gasteiger partial charge >= 0.3 is 5.97 Å². The SMILES string of the molecule is CNC(CCOc1ccccc1)C(=O)O. The molecule has 4 heteroatoms. The van der Waals surface area contributed by atoms with Crippen molar-refractivity contribution in [1.29, 1.82) is 0 Å². The third-order valence-corrected chi connectivity index (χ3v) is 2.07. The first-order valence-corrected chi connectivity index (χ1v) is 4.82. The van der Waals surface area contributed by atoms with E-state index in [9.17, 15) is 4.79 Å². The van der Waals surface area contributed by atoms with Crippen molar-refractivity contribution in [3.8, 4) is 5.75 Å². The number of nitrogens with one attached hydrogen (secondary N) is 1. The number of carboxylic acid groups (broad SMARTS) is 1. The molecule has 0 radical (unpaired) electrons. The van der Waals surface area contributed by atoms with Gasteiger partial charge in [-0.05, 0) is 19.2 Å². The van der Waals surface area contributed by atoms with E-state index in [0.717, 1.165) is 5.75 Å². The number of hydrogen-bond acceptors (Lipinski definition) is 3. The van der Waals surface area contributed by atoms with Gasteiger partial charge in [0.15, 0.2) is 0 Å². The number of para-hydroxylation sites is 1. The van der Waals surface area contributed by atoms with Crippen LogP contribution in [0.2, 0.25) is 0 Å². The number of hydrogen-bond donors (Lipinski definition) is 2. The van der Waals surface area contributed by atoms with Crippen molar-refractivity contribution in [2.45, 2.75) is 12.5 Å². The molecule has 1 unspecified atom stereocenters. The zero-order chi connectivity index (χ0) is 11.1. The standard InChI is InChI=1S/C11H15NO3/c1-12-10(11(13)14)7-8-15-9-5-3-2-4-6-9/h2-6,10,12H,7-8H2,1H3,(H,13,14). The summed E-state index contributed by atoms with van der Waals surface area (Å²) in [6.07, 6.45) is 0.445. The maximum Gasteiger partial charge on any atom is 0.320 e. The van der Waals surface area contributed by atoms with Crippen LogP contribution in [-0.2, 0) is 4.79 Å². The maximum absolute atomic E-state index is 10.7. The first-order valence-electron chi connectivity index (χ1n) is 4.82. The molecule has 4 nitrogen and oxygen atoms in total. The van der Waals surface area contributed by atoms with E-state index in [2.05, 4.69) is 5.32 Å². The molecule has 0 saturated heterocycles. The Kier molecular flexibility index (Phi) is 4.63. The number of ether oxygens (including phenoxy) is 1. The molecule has 2 N–H and O–H groups in total. The van der Waals surface area contributed by atoms with E-state index in [1.54, 1.807) is 7.05 Å². The summed E-state index contributed by atoms with van der Waals surface area (Å²) in [6.45, 7) is 0.391. The van der Waals surface area contributed by atoms with Crippen LogP contribution in [0.5, 0.6) is 5.75 Å². The van der Waals surface area contributed by atoms with E-state index < -0.39 is 12.0 Å². The van der Waals surface area contributed by atoms with E-state index in [1.807, 2.05) is 30.3 Å². The molecule has 1 aromatic carbocycles. The summed E-state index contributed by atoms with van der Waals surface area (Å²) in [4.78, 5) is 10.7. The number of benzene rings is 1. The van der Waals surface area contributed by atoms with Crippen LogP contribution >= 0.6 is 0 Å². The number of rotatable bonds is 6. The summed E-state index contributed by atoms with van der Waals surface area (Å²) in [6, 6.07) is 8.79. The van der Waals surface area contributed by atoms with E-state index in [4.69, 9.17) is 9.84 Å². The predicted octanol–water partition coefficient (Wildman–Crippen LogP) is 1.13. The molecule has 0 aliphatic heterocycles. The first-order chi connectivity index (χ1) is 7.24. The lowest BCUT2D eigenvalue weighted by Gasteiger charge is -2.11. The van der Waals surface area contributed by atoms with Gasteiger partial charge in [-0.25, -0.2) is 0 Å². The molecule has 0 aromatic heterocycles. The molecule has 0 aliphatic carbocycles. The Bertz CT molecular complexity index is 300. The van der Waals surface area contributed by atoms with Gasteiger partial charge in [-0.15, -0.1) is 0 Å². The van der Waals surface area contributed by atoms with E-state index in [0.29, 0.717) is 13.0 Å². The van der Waals surface area contributed by atoms with E-state index >= 15 is 0 Å². The molecule has 0 amide bonds. The van der Waals surface area contributed by atoms with Crippen molar-refractivity contribution in [2.24, 2.45) is 0 Å². The quantitative estimate of drug-likeness (QED) is 0.737. The second-order valence-corrected chi connectivity index (χ2v) is 3.13. The van der Waals surface area contributed by atoms with Crippen molar-refractivity contribution in [3.05, 3.63) is 30.3 Å². The van der Waals surface area contributed by atoms with Gasteiger partial charge in [0.1, 0.15) is 11.8 Å². The molecule has 15 heavy (non-hydrogen) atoms. The zero-order valence-electron chi connectivity index (χ0n) is 8.64. The summed E-state index contributed by atoms with van der Waals surface area (Å²) >= 11 is 0. The minimum Gasteiger partial charge on any atom is -0.494 e. The Morgan fingerprint density at radius 3 is 2.67 bits per heavy atom. The lowest BCUT2D eigenvalue weighted by Crippen LogP contribution is -2.35. The molecule has 0 aliphatic rings. The minimum atomic E-state index is -0.853. The average Bonchev–Trinajstić information content (AvgIpc) is 2.25. The molecule has 1 atom stereocenters. The van der Waals surface area contributed by atoms with Crippen LogP contribution < -0.4 is 10.1 Å². The molecule has 0 spiro atoms. The highest BCUT2D eigenvalue weighted by atomic mass is 16.5. The summed E-state index contributed by atoms with van der Waals surface area (Å²) in [5.74, 6) is -0.0908. The molecular formula is C11H15NO3. The van der Waals surface area contributed by atoms with E-state index in [1.165, 1.54) is 0 Å². The molecule has 0 heterocycles. The lowest BCUT2D eigenvalue weighted by molar-refractivity contribution is -0.139. The number of likely N-dealkylation sites (N-methyl/N-ethyl adjacent to an activating group) is 1. The molecule has 0 saturated carbocycles. The highest BCUT2D eigenvalue weighted by Crippen LogP contribution is 2.08. The fourth-order valence-corrected chi connectivity index (χ4v) is 1.20. The minimum absolute atomic E-state index is 0.391. The third-order valence-electron chi connectivity index (χ3n) is 2.07. The predicted molar refractivity (Wildman–Crippen MR) is 57.0 cm³/mol. The van der Waals surface area contributed by atoms with Gasteiger partial charge < -0.3 is 15.2 Å². The van der Waals surface area contributed by atoms with E-state index in [-0.39, 0.29) is 0 Å². The van der Waals surface area contributed by atoms with Gasteiger partial charge in [0, 0.05) is 6.42 Å². The molecule has 1 rings (SSSR count). The van der Waals surface area contributed by atoms with Gasteiger partial charge in [0.2, 0.25) is 0 Å². The Labute approximate surface area is 88.9 Å². The Balaban J connectivity index is 2.30. The highest BCUT2D eigenvalue weighted by molar-refractivity contribution is 5.73. The van der Waals surface area contributed by atoms with Crippen LogP contribution in [0.1, 0.15) is 6.42 Å². The van der Waals surface area contributed by atoms with Crippen LogP contribution in [0.25, 0.3) is 0 Å². The molecule has 0 bridgehead atoms. The Morgan fingerprint density at radius 2 is 2.13 bits per heavy atom. The monoisotopic (exact) mass is 209 g/mol. The topological polar surface area (TPSA) is 58.6 Å². The highest BCUT2D eigenvalue weighted by Gasteiger charge is 2.13. The lowest BCUT2D eigenvalue weighted by atomic mass is 10.2. The van der Waals surface area contributed by atoms with Crippen molar-refractivity contribution in [2.75, 3.05) is 13.7 Å². The van der Waals surface area contributed by atoms with Crippen LogP contribution in [-0.4, -0.2) is 30.8 Å². The Hall–Kier alpha value is -1.55. The molecule has 1 aromatic rings. The van der Waals surface area contributed by atoms with Crippen LogP contribution in [0.3, 0.4) is 0 Å². The summed E-state index contributed by atoms with van der Waals surface area (Å²) < 4.78 is 5.39. The fraction of sp³-hybridized carbons (Fsp3) is 0.364. The molecular weight excluding hydrogens is 194 g/mol. The second kappa shape index (κ2) is 6.03.